The number of hydrogen-bond acceptors (Lipinski definition) is 12. The molecule has 0 aromatic heterocycles. The Morgan fingerprint density at radius 2 is 1.18 bits per heavy atom. The van der Waals surface area contributed by atoms with Gasteiger partial charge in [-0.05, 0) is 62.9 Å². The number of aliphatic hydroxyl groups is 2. The molecule has 8 saturated heterocycles. The third-order valence-corrected chi connectivity index (χ3v) is 22.8. The molecule has 3 aromatic carbocycles. The van der Waals surface area contributed by atoms with E-state index in [-0.39, 0.29) is 23.6 Å². The summed E-state index contributed by atoms with van der Waals surface area (Å²) in [6, 6.07) is 22.2. The zero-order valence-corrected chi connectivity index (χ0v) is 33.4. The van der Waals surface area contributed by atoms with Crippen molar-refractivity contribution in [2.24, 2.45) is 0 Å². The van der Waals surface area contributed by atoms with Crippen LogP contribution in [0.4, 0.5) is 5.69 Å². The third kappa shape index (κ3) is 3.40. The highest BCUT2D eigenvalue weighted by Crippen LogP contribution is 2.79. The molecule has 18 heteroatoms. The first-order valence-corrected chi connectivity index (χ1v) is 23.5. The van der Waals surface area contributed by atoms with Gasteiger partial charge in [0.25, 0.3) is 33.7 Å². The predicted octanol–water partition coefficient (Wildman–Crippen LogP) is 2.29. The summed E-state index contributed by atoms with van der Waals surface area (Å²) in [5, 5.41) is 21.8. The zero-order chi connectivity index (χ0) is 38.3. The normalized spacial score (nSPS) is 39.1. The molecule has 0 unspecified atom stereocenters. The summed E-state index contributed by atoms with van der Waals surface area (Å²) in [5.74, 6) is -1.76. The van der Waals surface area contributed by atoms with Crippen LogP contribution >= 0.6 is 43.2 Å². The summed E-state index contributed by atoms with van der Waals surface area (Å²) in [7, 11) is 3.27. The van der Waals surface area contributed by atoms with Crippen molar-refractivity contribution in [2.45, 2.75) is 66.7 Å². The van der Waals surface area contributed by atoms with Gasteiger partial charge in [0.05, 0.1) is 29.2 Å². The molecule has 2 N–H and O–H groups in total. The lowest BCUT2D eigenvalue weighted by Crippen LogP contribution is -2.78. The number of hydrogen-bond donors (Lipinski definition) is 2. The quantitative estimate of drug-likeness (QED) is 0.362. The molecule has 4 amide bonds. The first kappa shape index (κ1) is 34.8. The average Bonchev–Trinajstić information content (AvgIpc) is 3.88. The molecule has 0 radical (unpaired) electrons. The van der Waals surface area contributed by atoms with E-state index in [1.54, 1.807) is 42.3 Å². The van der Waals surface area contributed by atoms with Crippen molar-refractivity contribution in [3.05, 3.63) is 95.6 Å². The van der Waals surface area contributed by atoms with E-state index >= 15 is 22.8 Å². The number of para-hydroxylation sites is 1. The van der Waals surface area contributed by atoms with Crippen LogP contribution in [0.25, 0.3) is 0 Å². The number of fused-ring (bicyclic) bond motifs is 11. The van der Waals surface area contributed by atoms with E-state index in [1.165, 1.54) is 70.6 Å². The van der Waals surface area contributed by atoms with E-state index in [9.17, 15) is 15.0 Å². The average molecular weight is 836 g/mol. The molecule has 8 atom stereocenters. The van der Waals surface area contributed by atoms with Gasteiger partial charge in [-0.3, -0.25) is 24.1 Å². The number of piperazine rings is 2. The number of sulfonamides is 1. The summed E-state index contributed by atoms with van der Waals surface area (Å²) in [6.07, 6.45) is -1.000. The topological polar surface area (TPSA) is 159 Å². The van der Waals surface area contributed by atoms with Crippen LogP contribution in [0.5, 0.6) is 0 Å². The second-order valence-corrected chi connectivity index (χ2v) is 22.7. The van der Waals surface area contributed by atoms with Gasteiger partial charge in [-0.25, -0.2) is 12.7 Å². The van der Waals surface area contributed by atoms with Crippen LogP contribution in [0.15, 0.2) is 83.8 Å². The van der Waals surface area contributed by atoms with Crippen molar-refractivity contribution in [3.63, 3.8) is 0 Å². The second kappa shape index (κ2) is 10.6. The van der Waals surface area contributed by atoms with Crippen molar-refractivity contribution >= 4 is 82.5 Å². The number of amides is 4. The molecule has 4 bridgehead atoms. The van der Waals surface area contributed by atoms with Crippen LogP contribution in [-0.4, -0.2) is 121 Å². The third-order valence-electron chi connectivity index (χ3n) is 13.8. The number of nitrogens with zero attached hydrogens (tertiary/aromatic N) is 5. The van der Waals surface area contributed by atoms with Crippen LogP contribution in [0.1, 0.15) is 29.5 Å². The van der Waals surface area contributed by atoms with Crippen molar-refractivity contribution in [1.82, 2.24) is 19.6 Å². The van der Waals surface area contributed by atoms with Crippen LogP contribution in [0.3, 0.4) is 0 Å². The van der Waals surface area contributed by atoms with E-state index < -0.39 is 83.5 Å². The summed E-state index contributed by atoms with van der Waals surface area (Å²) in [4.78, 5) is 59.7. The first-order valence-electron chi connectivity index (χ1n) is 17.8. The van der Waals surface area contributed by atoms with Crippen molar-refractivity contribution in [3.8, 4) is 0 Å². The van der Waals surface area contributed by atoms with Gasteiger partial charge in [0.1, 0.15) is 6.17 Å². The largest absolute Gasteiger partial charge is 0.392 e. The maximum atomic E-state index is 15.4. The van der Waals surface area contributed by atoms with Crippen molar-refractivity contribution in [1.29, 1.82) is 0 Å². The second-order valence-electron chi connectivity index (χ2n) is 15.5. The fraction of sp³-hybridized carbons (Fsp3) is 0.405. The summed E-state index contributed by atoms with van der Waals surface area (Å²) < 4.78 is 32.1. The molecule has 2 spiro atoms. The summed E-state index contributed by atoms with van der Waals surface area (Å²) in [5.41, 5.74) is -0.00961. The molecule has 13 rings (SSSR count). The molecule has 10 aliphatic rings. The van der Waals surface area contributed by atoms with Gasteiger partial charge in [0.2, 0.25) is 9.74 Å². The van der Waals surface area contributed by atoms with Crippen LogP contribution in [-0.2, 0) is 46.5 Å². The lowest BCUT2D eigenvalue weighted by atomic mass is 9.53. The molecular formula is C37H33N5O8S5. The highest BCUT2D eigenvalue weighted by molar-refractivity contribution is 8.78. The summed E-state index contributed by atoms with van der Waals surface area (Å²) >= 11 is 0. The van der Waals surface area contributed by atoms with Gasteiger partial charge in [-0.2, -0.15) is 0 Å². The monoisotopic (exact) mass is 835 g/mol. The van der Waals surface area contributed by atoms with E-state index in [0.29, 0.717) is 17.7 Å². The molecule has 55 heavy (non-hydrogen) atoms. The number of aliphatic hydroxyl groups excluding tert-OH is 2. The molecule has 9 heterocycles. The standard InChI is InChI=1S/C37H33N5O8S5/c1-38-28(45)34-17-32(23-13-7-6-10-21(23)16-26(32)40(34)30(47)36(38,19-43)53-51-34)33-18-35-29(46)39(2)37(20-44,54-52-35)31(48)41(35)27(33)42(25-15-9-8-14-24(25)33)55(49,50)22-11-4-3-5-12-22/h3-15,26-27,43-44H,16-20H2,1-2H3/t26-,27-,32-,33-,34-,35-,36-,37-/m0/s1. The molecule has 3 aromatic rings. The number of carbonyl (C=O) groups excluding carboxylic acids is 4. The molecule has 284 valence electrons. The number of likely N-dealkylation sites (N-methyl/N-ethyl adjacent to an activating group) is 2. The Kier molecular flexibility index (Phi) is 6.69. The van der Waals surface area contributed by atoms with Crippen molar-refractivity contribution in [2.75, 3.05) is 31.6 Å². The van der Waals surface area contributed by atoms with E-state index in [4.69, 9.17) is 0 Å². The lowest BCUT2D eigenvalue weighted by Gasteiger charge is -2.58. The Balaban J connectivity index is 1.28. The minimum Gasteiger partial charge on any atom is -0.392 e. The number of benzene rings is 3. The fourth-order valence-electron chi connectivity index (χ4n) is 11.4. The minimum atomic E-state index is -4.48. The Labute approximate surface area is 332 Å². The van der Waals surface area contributed by atoms with Crippen LogP contribution < -0.4 is 4.31 Å². The van der Waals surface area contributed by atoms with E-state index in [1.807, 2.05) is 36.4 Å². The highest BCUT2D eigenvalue weighted by atomic mass is 33.1. The Morgan fingerprint density at radius 3 is 1.82 bits per heavy atom. The highest BCUT2D eigenvalue weighted by Gasteiger charge is 2.88. The Hall–Kier alpha value is -3.39. The maximum absolute atomic E-state index is 15.4. The van der Waals surface area contributed by atoms with Gasteiger partial charge in [0, 0.05) is 38.4 Å². The van der Waals surface area contributed by atoms with Crippen molar-refractivity contribution < 1.29 is 37.8 Å². The molecular weight excluding hydrogens is 803 g/mol. The maximum Gasteiger partial charge on any atom is 0.266 e. The van der Waals surface area contributed by atoms with Gasteiger partial charge in [-0.15, -0.1) is 0 Å². The molecule has 13 nitrogen and oxygen atoms in total. The van der Waals surface area contributed by atoms with Crippen LogP contribution in [0, 0.1) is 0 Å². The SMILES string of the molecule is CN1C(=O)[C@@]23C[C@]4([C@]56C[C@@]78SS[C@@](CO)(C(=O)N7[C@H]5N(S(=O)(=O)c5ccccc5)c5ccccc56)N(C)C8=O)c5ccccc5C[C@@H]4N2C(=O)[C@]1(CO)SS3. The zero-order valence-electron chi connectivity index (χ0n) is 29.3. The minimum absolute atomic E-state index is 0.00993. The van der Waals surface area contributed by atoms with E-state index in [0.717, 1.165) is 21.9 Å². The first-order chi connectivity index (χ1) is 26.3. The smallest absolute Gasteiger partial charge is 0.266 e. The molecule has 0 saturated carbocycles. The fourth-order valence-corrected chi connectivity index (χ4v) is 20.4. The van der Waals surface area contributed by atoms with Gasteiger partial charge in [0.15, 0.2) is 9.74 Å². The molecule has 9 aliphatic heterocycles. The van der Waals surface area contributed by atoms with Gasteiger partial charge < -0.3 is 24.9 Å². The summed E-state index contributed by atoms with van der Waals surface area (Å²) in [6.45, 7) is -1.30. The molecule has 1 aliphatic carbocycles. The Bertz CT molecular complexity index is 2450. The Morgan fingerprint density at radius 1 is 0.655 bits per heavy atom. The number of anilines is 1. The molecule has 8 fully saturated rings. The van der Waals surface area contributed by atoms with Gasteiger partial charge in [-0.1, -0.05) is 82.3 Å². The van der Waals surface area contributed by atoms with E-state index in [2.05, 4.69) is 0 Å². The van der Waals surface area contributed by atoms with Gasteiger partial charge >= 0.3 is 0 Å². The number of carbonyl (C=O) groups is 4. The lowest BCUT2D eigenvalue weighted by molar-refractivity contribution is -0.167. The van der Waals surface area contributed by atoms with Crippen LogP contribution in [0.2, 0.25) is 0 Å². The predicted molar refractivity (Wildman–Crippen MR) is 208 cm³/mol. The number of rotatable bonds is 5.